The van der Waals surface area contributed by atoms with Crippen molar-refractivity contribution in [3.8, 4) is 5.88 Å². The van der Waals surface area contributed by atoms with Crippen molar-refractivity contribution in [2.24, 2.45) is 0 Å². The van der Waals surface area contributed by atoms with Gasteiger partial charge in [-0.05, 0) is 6.07 Å². The molecule has 0 fully saturated rings. The normalized spacial score (nSPS) is 9.73. The quantitative estimate of drug-likeness (QED) is 0.717. The molecule has 5 heteroatoms. The molecule has 1 aromatic heterocycles. The first-order valence-corrected chi connectivity index (χ1v) is 4.55. The zero-order valence-electron chi connectivity index (χ0n) is 8.82. The number of ether oxygens (including phenoxy) is 2. The second-order valence-electron chi connectivity index (χ2n) is 2.84. The zero-order valence-corrected chi connectivity index (χ0v) is 8.82. The van der Waals surface area contributed by atoms with E-state index in [4.69, 9.17) is 9.47 Å². The Bertz CT molecular complexity index is 328. The molecule has 0 radical (unpaired) electrons. The standard InChI is InChI=1S/C10H14N2O3/c1-14-6-5-12-10(13)8-3-4-11-9(7-8)15-2/h3-4,7H,5-6H2,1-2H3,(H,12,13). The van der Waals surface area contributed by atoms with Gasteiger partial charge in [-0.15, -0.1) is 0 Å². The van der Waals surface area contributed by atoms with Crippen LogP contribution in [0.5, 0.6) is 5.88 Å². The molecule has 0 saturated carbocycles. The molecule has 0 saturated heterocycles. The highest BCUT2D eigenvalue weighted by atomic mass is 16.5. The molecule has 0 aliphatic heterocycles. The fourth-order valence-corrected chi connectivity index (χ4v) is 1.03. The van der Waals surface area contributed by atoms with Crippen LogP contribution in [0.2, 0.25) is 0 Å². The average Bonchev–Trinajstić information content (AvgIpc) is 2.29. The van der Waals surface area contributed by atoms with Crippen LogP contribution in [-0.4, -0.2) is 38.3 Å². The van der Waals surface area contributed by atoms with Crippen molar-refractivity contribution in [2.45, 2.75) is 0 Å². The molecular weight excluding hydrogens is 196 g/mol. The van der Waals surface area contributed by atoms with Crippen LogP contribution in [-0.2, 0) is 4.74 Å². The van der Waals surface area contributed by atoms with Crippen molar-refractivity contribution in [3.05, 3.63) is 23.9 Å². The van der Waals surface area contributed by atoms with Crippen LogP contribution in [0, 0.1) is 0 Å². The predicted octanol–water partition coefficient (Wildman–Crippen LogP) is 0.466. The number of hydrogen-bond acceptors (Lipinski definition) is 4. The molecule has 1 aromatic rings. The third kappa shape index (κ3) is 3.55. The Balaban J connectivity index is 2.57. The summed E-state index contributed by atoms with van der Waals surface area (Å²) >= 11 is 0. The summed E-state index contributed by atoms with van der Waals surface area (Å²) in [7, 11) is 3.09. The number of amides is 1. The lowest BCUT2D eigenvalue weighted by molar-refractivity contribution is 0.0936. The fourth-order valence-electron chi connectivity index (χ4n) is 1.03. The van der Waals surface area contributed by atoms with Crippen LogP contribution in [0.1, 0.15) is 10.4 Å². The number of nitrogens with one attached hydrogen (secondary N) is 1. The van der Waals surface area contributed by atoms with E-state index in [1.165, 1.54) is 13.3 Å². The number of pyridine rings is 1. The van der Waals surface area contributed by atoms with E-state index in [0.717, 1.165) is 0 Å². The molecule has 1 heterocycles. The molecule has 0 aliphatic carbocycles. The summed E-state index contributed by atoms with van der Waals surface area (Å²) in [6, 6.07) is 3.22. The van der Waals surface area contributed by atoms with E-state index in [9.17, 15) is 4.79 Å². The monoisotopic (exact) mass is 210 g/mol. The van der Waals surface area contributed by atoms with E-state index in [1.54, 1.807) is 19.2 Å². The molecule has 5 nitrogen and oxygen atoms in total. The Morgan fingerprint density at radius 3 is 3.00 bits per heavy atom. The summed E-state index contributed by atoms with van der Waals surface area (Å²) < 4.78 is 9.74. The molecule has 0 spiro atoms. The Morgan fingerprint density at radius 1 is 1.53 bits per heavy atom. The minimum absolute atomic E-state index is 0.159. The number of carbonyl (C=O) groups excluding carboxylic acids is 1. The van der Waals surface area contributed by atoms with Gasteiger partial charge in [-0.2, -0.15) is 0 Å². The number of carbonyl (C=O) groups is 1. The number of hydrogen-bond donors (Lipinski definition) is 1. The third-order valence-electron chi connectivity index (χ3n) is 1.80. The maximum Gasteiger partial charge on any atom is 0.251 e. The Labute approximate surface area is 88.4 Å². The summed E-state index contributed by atoms with van der Waals surface area (Å²) in [5, 5.41) is 2.70. The highest BCUT2D eigenvalue weighted by Gasteiger charge is 2.05. The second-order valence-corrected chi connectivity index (χ2v) is 2.84. The summed E-state index contributed by atoms with van der Waals surface area (Å²) in [5.74, 6) is 0.266. The van der Waals surface area contributed by atoms with E-state index in [-0.39, 0.29) is 5.91 Å². The lowest BCUT2D eigenvalue weighted by Gasteiger charge is -2.05. The largest absolute Gasteiger partial charge is 0.481 e. The maximum atomic E-state index is 11.5. The summed E-state index contributed by atoms with van der Waals surface area (Å²) in [6.07, 6.45) is 1.53. The molecule has 0 atom stereocenters. The minimum atomic E-state index is -0.159. The lowest BCUT2D eigenvalue weighted by Crippen LogP contribution is -2.26. The van der Waals surface area contributed by atoms with E-state index in [2.05, 4.69) is 10.3 Å². The van der Waals surface area contributed by atoms with Crippen molar-refractivity contribution < 1.29 is 14.3 Å². The topological polar surface area (TPSA) is 60.5 Å². The molecule has 82 valence electrons. The molecular formula is C10H14N2O3. The van der Waals surface area contributed by atoms with Gasteiger partial charge in [0.2, 0.25) is 5.88 Å². The van der Waals surface area contributed by atoms with Gasteiger partial charge in [0, 0.05) is 31.5 Å². The molecule has 1 rings (SSSR count). The highest BCUT2D eigenvalue weighted by Crippen LogP contribution is 2.07. The molecule has 1 N–H and O–H groups in total. The lowest BCUT2D eigenvalue weighted by atomic mass is 10.2. The highest BCUT2D eigenvalue weighted by molar-refractivity contribution is 5.94. The molecule has 0 bridgehead atoms. The average molecular weight is 210 g/mol. The Kier molecular flexibility index (Phi) is 4.56. The molecule has 0 aliphatic rings. The first-order valence-electron chi connectivity index (χ1n) is 4.55. The van der Waals surface area contributed by atoms with Crippen molar-refractivity contribution in [2.75, 3.05) is 27.4 Å². The zero-order chi connectivity index (χ0) is 11.1. The van der Waals surface area contributed by atoms with Crippen molar-refractivity contribution in [1.82, 2.24) is 10.3 Å². The third-order valence-corrected chi connectivity index (χ3v) is 1.80. The number of methoxy groups -OCH3 is 2. The van der Waals surface area contributed by atoms with Gasteiger partial charge in [-0.1, -0.05) is 0 Å². The van der Waals surface area contributed by atoms with Crippen LogP contribution in [0.3, 0.4) is 0 Å². The van der Waals surface area contributed by atoms with E-state index in [1.807, 2.05) is 0 Å². The smallest absolute Gasteiger partial charge is 0.251 e. The fraction of sp³-hybridized carbons (Fsp3) is 0.400. The maximum absolute atomic E-state index is 11.5. The summed E-state index contributed by atoms with van der Waals surface area (Å²) in [4.78, 5) is 15.4. The van der Waals surface area contributed by atoms with Gasteiger partial charge in [-0.3, -0.25) is 4.79 Å². The Morgan fingerprint density at radius 2 is 2.33 bits per heavy atom. The van der Waals surface area contributed by atoms with Gasteiger partial charge in [0.25, 0.3) is 5.91 Å². The Hall–Kier alpha value is -1.62. The van der Waals surface area contributed by atoms with E-state index >= 15 is 0 Å². The first-order chi connectivity index (χ1) is 7.27. The molecule has 0 unspecified atom stereocenters. The van der Waals surface area contributed by atoms with Gasteiger partial charge < -0.3 is 14.8 Å². The van der Waals surface area contributed by atoms with Crippen molar-refractivity contribution in [1.29, 1.82) is 0 Å². The van der Waals surface area contributed by atoms with Crippen LogP contribution >= 0.6 is 0 Å². The van der Waals surface area contributed by atoms with Gasteiger partial charge in [0.05, 0.1) is 13.7 Å². The SMILES string of the molecule is COCCNC(=O)c1ccnc(OC)c1. The van der Waals surface area contributed by atoms with Gasteiger partial charge in [-0.25, -0.2) is 4.98 Å². The second kappa shape index (κ2) is 5.98. The van der Waals surface area contributed by atoms with Crippen molar-refractivity contribution >= 4 is 5.91 Å². The van der Waals surface area contributed by atoms with E-state index in [0.29, 0.717) is 24.6 Å². The molecule has 1 amide bonds. The molecule has 15 heavy (non-hydrogen) atoms. The predicted molar refractivity (Wildman–Crippen MR) is 55.0 cm³/mol. The van der Waals surface area contributed by atoms with Crippen LogP contribution in [0.15, 0.2) is 18.3 Å². The van der Waals surface area contributed by atoms with Crippen LogP contribution in [0.25, 0.3) is 0 Å². The number of nitrogens with zero attached hydrogens (tertiary/aromatic N) is 1. The van der Waals surface area contributed by atoms with Gasteiger partial charge >= 0.3 is 0 Å². The van der Waals surface area contributed by atoms with Gasteiger partial charge in [0.1, 0.15) is 0 Å². The number of aromatic nitrogens is 1. The van der Waals surface area contributed by atoms with Gasteiger partial charge in [0.15, 0.2) is 0 Å². The van der Waals surface area contributed by atoms with Crippen LogP contribution < -0.4 is 10.1 Å². The van der Waals surface area contributed by atoms with Crippen molar-refractivity contribution in [3.63, 3.8) is 0 Å². The number of rotatable bonds is 5. The summed E-state index contributed by atoms with van der Waals surface area (Å²) in [6.45, 7) is 0.980. The minimum Gasteiger partial charge on any atom is -0.481 e. The van der Waals surface area contributed by atoms with E-state index < -0.39 is 0 Å². The van der Waals surface area contributed by atoms with Crippen LogP contribution in [0.4, 0.5) is 0 Å². The first kappa shape index (κ1) is 11.5. The molecule has 0 aromatic carbocycles. The summed E-state index contributed by atoms with van der Waals surface area (Å²) in [5.41, 5.74) is 0.526.